The maximum atomic E-state index is 12.2. The summed E-state index contributed by atoms with van der Waals surface area (Å²) in [5, 5.41) is 6.46. The molecule has 3 rings (SSSR count). The van der Waals surface area contributed by atoms with Crippen molar-refractivity contribution in [1.29, 1.82) is 0 Å². The zero-order valence-corrected chi connectivity index (χ0v) is 14.3. The number of nitrogens with one attached hydrogen (secondary N) is 2. The first-order valence-corrected chi connectivity index (χ1v) is 8.85. The lowest BCUT2D eigenvalue weighted by Crippen LogP contribution is -2.28. The molecular formula is C17H20N2O4S. The molecule has 0 atom stereocenters. The van der Waals surface area contributed by atoms with Gasteiger partial charge in [-0.1, -0.05) is 0 Å². The van der Waals surface area contributed by atoms with E-state index >= 15 is 0 Å². The normalized spacial score (nSPS) is 12.9. The van der Waals surface area contributed by atoms with Crippen LogP contribution in [-0.4, -0.2) is 25.0 Å². The molecule has 2 heterocycles. The first kappa shape index (κ1) is 16.7. The van der Waals surface area contributed by atoms with Crippen LogP contribution in [0.1, 0.15) is 39.9 Å². The number of ether oxygens (including phenoxy) is 1. The SMILES string of the molecule is CCOC(=O)c1c(NC(=O)CNCc2ccco2)sc2c1CCC2. The van der Waals surface area contributed by atoms with Crippen LogP contribution < -0.4 is 10.6 Å². The Morgan fingerprint density at radius 2 is 2.25 bits per heavy atom. The summed E-state index contributed by atoms with van der Waals surface area (Å²) >= 11 is 1.48. The predicted octanol–water partition coefficient (Wildman–Crippen LogP) is 2.73. The number of hydrogen-bond donors (Lipinski definition) is 2. The lowest BCUT2D eigenvalue weighted by Gasteiger charge is -2.08. The standard InChI is InChI=1S/C17H20N2O4S/c1-2-22-17(21)15-12-6-3-7-13(12)24-16(15)19-14(20)10-18-9-11-5-4-8-23-11/h4-5,8,18H,2-3,6-7,9-10H2,1H3,(H,19,20). The summed E-state index contributed by atoms with van der Waals surface area (Å²) in [5.74, 6) is 0.230. The number of amides is 1. The van der Waals surface area contributed by atoms with E-state index in [2.05, 4.69) is 10.6 Å². The van der Waals surface area contributed by atoms with Crippen LogP contribution in [0.25, 0.3) is 0 Å². The first-order valence-electron chi connectivity index (χ1n) is 8.03. The van der Waals surface area contributed by atoms with Crippen LogP contribution in [0.5, 0.6) is 0 Å². The van der Waals surface area contributed by atoms with E-state index in [1.54, 1.807) is 19.3 Å². The van der Waals surface area contributed by atoms with Gasteiger partial charge in [-0.05, 0) is 43.9 Å². The highest BCUT2D eigenvalue weighted by Gasteiger charge is 2.28. The minimum absolute atomic E-state index is 0.144. The fraction of sp³-hybridized carbons (Fsp3) is 0.412. The summed E-state index contributed by atoms with van der Waals surface area (Å²) in [5.41, 5.74) is 1.58. The maximum Gasteiger partial charge on any atom is 0.341 e. The third-order valence-corrected chi connectivity index (χ3v) is 5.03. The number of furan rings is 1. The number of rotatable bonds is 7. The molecule has 0 fully saturated rings. The van der Waals surface area contributed by atoms with Gasteiger partial charge in [0.25, 0.3) is 0 Å². The molecule has 1 aliphatic carbocycles. The molecule has 24 heavy (non-hydrogen) atoms. The predicted molar refractivity (Wildman–Crippen MR) is 91.3 cm³/mol. The summed E-state index contributed by atoms with van der Waals surface area (Å²) in [6, 6.07) is 3.64. The minimum atomic E-state index is -0.351. The Kier molecular flexibility index (Phi) is 5.32. The fourth-order valence-corrected chi connectivity index (χ4v) is 4.09. The largest absolute Gasteiger partial charge is 0.468 e. The molecule has 2 aromatic rings. The zero-order chi connectivity index (χ0) is 16.9. The summed E-state index contributed by atoms with van der Waals surface area (Å²) in [6.45, 7) is 2.72. The highest BCUT2D eigenvalue weighted by Crippen LogP contribution is 2.39. The lowest BCUT2D eigenvalue weighted by molar-refractivity contribution is -0.115. The van der Waals surface area contributed by atoms with Crippen LogP contribution in [0.15, 0.2) is 22.8 Å². The average Bonchev–Trinajstić information content (AvgIpc) is 3.24. The third kappa shape index (κ3) is 3.68. The molecule has 0 radical (unpaired) electrons. The molecule has 0 aromatic carbocycles. The second-order valence-corrected chi connectivity index (χ2v) is 6.62. The number of carbonyl (C=O) groups is 2. The molecule has 0 spiro atoms. The van der Waals surface area contributed by atoms with Gasteiger partial charge < -0.3 is 19.8 Å². The highest BCUT2D eigenvalue weighted by molar-refractivity contribution is 7.17. The van der Waals surface area contributed by atoms with Gasteiger partial charge in [0.15, 0.2) is 0 Å². The van der Waals surface area contributed by atoms with E-state index in [1.165, 1.54) is 16.2 Å². The summed E-state index contributed by atoms with van der Waals surface area (Å²) in [6.07, 6.45) is 4.47. The molecule has 0 aliphatic heterocycles. The van der Waals surface area contributed by atoms with Crippen molar-refractivity contribution in [2.45, 2.75) is 32.7 Å². The van der Waals surface area contributed by atoms with Gasteiger partial charge in [-0.15, -0.1) is 11.3 Å². The number of fused-ring (bicyclic) bond motifs is 1. The van der Waals surface area contributed by atoms with Crippen LogP contribution in [0.4, 0.5) is 5.00 Å². The van der Waals surface area contributed by atoms with Crippen LogP contribution in [-0.2, 0) is 28.9 Å². The van der Waals surface area contributed by atoms with Gasteiger partial charge in [0, 0.05) is 4.88 Å². The highest BCUT2D eigenvalue weighted by atomic mass is 32.1. The molecule has 2 N–H and O–H groups in total. The Labute approximate surface area is 144 Å². The van der Waals surface area contributed by atoms with Crippen molar-refractivity contribution in [3.05, 3.63) is 40.2 Å². The fourth-order valence-electron chi connectivity index (χ4n) is 2.79. The minimum Gasteiger partial charge on any atom is -0.468 e. The van der Waals surface area contributed by atoms with E-state index in [0.29, 0.717) is 23.7 Å². The molecule has 1 amide bonds. The number of esters is 1. The number of thiophene rings is 1. The molecular weight excluding hydrogens is 328 g/mol. The maximum absolute atomic E-state index is 12.2. The zero-order valence-electron chi connectivity index (χ0n) is 13.5. The molecule has 0 unspecified atom stereocenters. The van der Waals surface area contributed by atoms with Gasteiger partial charge in [-0.3, -0.25) is 4.79 Å². The number of hydrogen-bond acceptors (Lipinski definition) is 6. The van der Waals surface area contributed by atoms with Crippen LogP contribution in [0, 0.1) is 0 Å². The van der Waals surface area contributed by atoms with Crippen molar-refractivity contribution in [2.75, 3.05) is 18.5 Å². The monoisotopic (exact) mass is 348 g/mol. The van der Waals surface area contributed by atoms with Gasteiger partial charge in [-0.25, -0.2) is 4.79 Å². The Morgan fingerprint density at radius 3 is 3.00 bits per heavy atom. The van der Waals surface area contributed by atoms with Crippen LogP contribution in [0.2, 0.25) is 0 Å². The summed E-state index contributed by atoms with van der Waals surface area (Å²) < 4.78 is 10.4. The quantitative estimate of drug-likeness (QED) is 0.752. The Bertz CT molecular complexity index is 721. The van der Waals surface area contributed by atoms with E-state index in [0.717, 1.165) is 30.6 Å². The molecule has 0 saturated carbocycles. The Hall–Kier alpha value is -2.12. The molecule has 6 nitrogen and oxygen atoms in total. The van der Waals surface area contributed by atoms with Crippen molar-refractivity contribution in [3.63, 3.8) is 0 Å². The molecule has 0 saturated heterocycles. The lowest BCUT2D eigenvalue weighted by atomic mass is 10.1. The Morgan fingerprint density at radius 1 is 1.38 bits per heavy atom. The smallest absolute Gasteiger partial charge is 0.341 e. The van der Waals surface area contributed by atoms with E-state index in [1.807, 2.05) is 6.07 Å². The molecule has 1 aliphatic rings. The van der Waals surface area contributed by atoms with Gasteiger partial charge >= 0.3 is 5.97 Å². The van der Waals surface area contributed by atoms with Crippen molar-refractivity contribution in [2.24, 2.45) is 0 Å². The van der Waals surface area contributed by atoms with E-state index in [9.17, 15) is 9.59 Å². The third-order valence-electron chi connectivity index (χ3n) is 3.82. The van der Waals surface area contributed by atoms with Crippen LogP contribution in [0.3, 0.4) is 0 Å². The molecule has 128 valence electrons. The Balaban J connectivity index is 1.63. The van der Waals surface area contributed by atoms with Crippen molar-refractivity contribution >= 4 is 28.2 Å². The van der Waals surface area contributed by atoms with Gasteiger partial charge in [0.05, 0.1) is 31.5 Å². The first-order chi connectivity index (χ1) is 11.7. The molecule has 0 bridgehead atoms. The van der Waals surface area contributed by atoms with Crippen molar-refractivity contribution in [1.82, 2.24) is 5.32 Å². The van der Waals surface area contributed by atoms with Gasteiger partial charge in [-0.2, -0.15) is 0 Å². The summed E-state index contributed by atoms with van der Waals surface area (Å²) in [4.78, 5) is 25.6. The number of aryl methyl sites for hydroxylation is 1. The number of anilines is 1. The van der Waals surface area contributed by atoms with Crippen LogP contribution >= 0.6 is 11.3 Å². The average molecular weight is 348 g/mol. The van der Waals surface area contributed by atoms with E-state index in [-0.39, 0.29) is 18.4 Å². The van der Waals surface area contributed by atoms with Gasteiger partial charge in [0.1, 0.15) is 10.8 Å². The van der Waals surface area contributed by atoms with Crippen molar-refractivity contribution in [3.8, 4) is 0 Å². The molecule has 7 heteroatoms. The second kappa shape index (κ2) is 7.63. The topological polar surface area (TPSA) is 80.6 Å². The van der Waals surface area contributed by atoms with E-state index in [4.69, 9.17) is 9.15 Å². The second-order valence-electron chi connectivity index (χ2n) is 5.51. The van der Waals surface area contributed by atoms with Gasteiger partial charge in [0.2, 0.25) is 5.91 Å². The van der Waals surface area contributed by atoms with E-state index < -0.39 is 0 Å². The van der Waals surface area contributed by atoms with Crippen molar-refractivity contribution < 1.29 is 18.7 Å². The summed E-state index contributed by atoms with van der Waals surface area (Å²) in [7, 11) is 0. The number of carbonyl (C=O) groups excluding carboxylic acids is 2. The molecule has 2 aromatic heterocycles.